The zero-order chi connectivity index (χ0) is 17.9. The number of carbonyl (C=O) groups excluding carboxylic acids is 2. The van der Waals surface area contributed by atoms with Crippen LogP contribution in [0, 0.1) is 11.6 Å². The Morgan fingerprint density at radius 3 is 2.46 bits per heavy atom. The Morgan fingerprint density at radius 2 is 1.92 bits per heavy atom. The molecular weight excluding hydrogens is 324 g/mol. The SMILES string of the molecule is N[C@H]1CCc2cc(F)cc(F)c2NC1=O.O=C1CC[C@@H](C(=O)O)N1. The molecule has 5 N–H and O–H groups in total. The summed E-state index contributed by atoms with van der Waals surface area (Å²) in [6.45, 7) is 0. The van der Waals surface area contributed by atoms with Gasteiger partial charge in [0.2, 0.25) is 11.8 Å². The van der Waals surface area contributed by atoms with Crippen molar-refractivity contribution < 1.29 is 28.3 Å². The molecular formula is C15H17F2N3O4. The van der Waals surface area contributed by atoms with Crippen LogP contribution in [0.25, 0.3) is 0 Å². The maximum Gasteiger partial charge on any atom is 0.326 e. The van der Waals surface area contributed by atoms with E-state index in [1.807, 2.05) is 0 Å². The number of aliphatic carboxylic acids is 1. The van der Waals surface area contributed by atoms with Crippen LogP contribution in [0.3, 0.4) is 0 Å². The normalized spacial score (nSPS) is 22.5. The molecule has 24 heavy (non-hydrogen) atoms. The molecule has 2 atom stereocenters. The minimum Gasteiger partial charge on any atom is -0.480 e. The van der Waals surface area contributed by atoms with Crippen molar-refractivity contribution >= 4 is 23.5 Å². The van der Waals surface area contributed by atoms with Crippen LogP contribution < -0.4 is 16.4 Å². The maximum atomic E-state index is 13.3. The number of fused-ring (bicyclic) bond motifs is 1. The van der Waals surface area contributed by atoms with E-state index in [1.54, 1.807) is 0 Å². The van der Waals surface area contributed by atoms with Gasteiger partial charge in [-0.25, -0.2) is 13.6 Å². The van der Waals surface area contributed by atoms with Crippen LogP contribution in [0.15, 0.2) is 12.1 Å². The van der Waals surface area contributed by atoms with E-state index in [1.165, 1.54) is 6.07 Å². The number of aryl methyl sites for hydroxylation is 1. The number of rotatable bonds is 1. The van der Waals surface area contributed by atoms with Crippen molar-refractivity contribution in [2.45, 2.75) is 37.8 Å². The summed E-state index contributed by atoms with van der Waals surface area (Å²) < 4.78 is 26.2. The number of halogens is 2. The van der Waals surface area contributed by atoms with E-state index >= 15 is 0 Å². The van der Waals surface area contributed by atoms with Gasteiger partial charge in [-0.3, -0.25) is 9.59 Å². The molecule has 1 fully saturated rings. The first-order valence-electron chi connectivity index (χ1n) is 7.34. The highest BCUT2D eigenvalue weighted by Crippen LogP contribution is 2.25. The summed E-state index contributed by atoms with van der Waals surface area (Å²) in [6, 6.07) is 0.657. The Balaban J connectivity index is 0.000000198. The molecule has 0 aromatic heterocycles. The molecule has 1 aromatic rings. The summed E-state index contributed by atoms with van der Waals surface area (Å²) in [5, 5.41) is 13.0. The summed E-state index contributed by atoms with van der Waals surface area (Å²) >= 11 is 0. The van der Waals surface area contributed by atoms with Gasteiger partial charge in [0.25, 0.3) is 0 Å². The van der Waals surface area contributed by atoms with Crippen LogP contribution in [-0.4, -0.2) is 35.0 Å². The average Bonchev–Trinajstić information content (AvgIpc) is 2.89. The quantitative estimate of drug-likeness (QED) is 0.593. The van der Waals surface area contributed by atoms with Gasteiger partial charge in [0.05, 0.1) is 11.7 Å². The topological polar surface area (TPSA) is 122 Å². The van der Waals surface area contributed by atoms with Crippen LogP contribution in [0.4, 0.5) is 14.5 Å². The Bertz CT molecular complexity index is 681. The number of hydrogen-bond acceptors (Lipinski definition) is 4. The monoisotopic (exact) mass is 341 g/mol. The minimum atomic E-state index is -0.944. The number of benzene rings is 1. The molecule has 7 nitrogen and oxygen atoms in total. The Labute approximate surface area is 136 Å². The van der Waals surface area contributed by atoms with Crippen LogP contribution in [0.1, 0.15) is 24.8 Å². The highest BCUT2D eigenvalue weighted by Gasteiger charge is 2.26. The van der Waals surface area contributed by atoms with Crippen molar-refractivity contribution in [1.82, 2.24) is 5.32 Å². The molecule has 2 aliphatic rings. The molecule has 2 heterocycles. The predicted molar refractivity (Wildman–Crippen MR) is 80.1 cm³/mol. The van der Waals surface area contributed by atoms with Crippen molar-refractivity contribution in [3.8, 4) is 0 Å². The first-order chi connectivity index (χ1) is 11.3. The number of nitrogens with two attached hydrogens (primary N) is 1. The minimum absolute atomic E-state index is 0.0503. The summed E-state index contributed by atoms with van der Waals surface area (Å²) in [7, 11) is 0. The molecule has 0 saturated carbocycles. The molecule has 0 unspecified atom stereocenters. The summed E-state index contributed by atoms with van der Waals surface area (Å²) in [5.41, 5.74) is 6.02. The molecule has 2 amide bonds. The van der Waals surface area contributed by atoms with Crippen LogP contribution >= 0.6 is 0 Å². The number of hydrogen-bond donors (Lipinski definition) is 4. The number of amides is 2. The Morgan fingerprint density at radius 1 is 1.21 bits per heavy atom. The lowest BCUT2D eigenvalue weighted by Gasteiger charge is -2.08. The van der Waals surface area contributed by atoms with E-state index < -0.39 is 35.6 Å². The van der Waals surface area contributed by atoms with Crippen molar-refractivity contribution in [2.75, 3.05) is 5.32 Å². The van der Waals surface area contributed by atoms with Crippen LogP contribution in [0.2, 0.25) is 0 Å². The van der Waals surface area contributed by atoms with Crippen molar-refractivity contribution in [1.29, 1.82) is 0 Å². The van der Waals surface area contributed by atoms with Crippen molar-refractivity contribution in [3.63, 3.8) is 0 Å². The fraction of sp³-hybridized carbons (Fsp3) is 0.400. The number of nitrogens with one attached hydrogen (secondary N) is 2. The lowest BCUT2D eigenvalue weighted by molar-refractivity contribution is -0.140. The van der Waals surface area contributed by atoms with Gasteiger partial charge < -0.3 is 21.5 Å². The number of carbonyl (C=O) groups is 3. The highest BCUT2D eigenvalue weighted by atomic mass is 19.1. The summed E-state index contributed by atoms with van der Waals surface area (Å²) in [4.78, 5) is 31.8. The second-order valence-electron chi connectivity index (χ2n) is 5.55. The molecule has 0 bridgehead atoms. The first-order valence-corrected chi connectivity index (χ1v) is 7.34. The van der Waals surface area contributed by atoms with Gasteiger partial charge in [-0.05, 0) is 30.9 Å². The van der Waals surface area contributed by atoms with Crippen LogP contribution in [0.5, 0.6) is 0 Å². The third-order valence-corrected chi connectivity index (χ3v) is 3.74. The van der Waals surface area contributed by atoms with Gasteiger partial charge in [-0.15, -0.1) is 0 Å². The molecule has 0 aliphatic carbocycles. The molecule has 9 heteroatoms. The van der Waals surface area contributed by atoms with Gasteiger partial charge in [0.15, 0.2) is 0 Å². The first kappa shape index (κ1) is 17.8. The highest BCUT2D eigenvalue weighted by molar-refractivity contribution is 5.96. The average molecular weight is 341 g/mol. The smallest absolute Gasteiger partial charge is 0.326 e. The number of carboxylic acids is 1. The van der Waals surface area contributed by atoms with E-state index in [0.29, 0.717) is 31.2 Å². The standard InChI is InChI=1S/C10H10F2N2O.C5H7NO3/c11-6-3-5-1-2-8(13)10(15)14-9(5)7(12)4-6;7-4-2-1-3(6-4)5(8)9/h3-4,8H,1-2,13H2,(H,14,15);3H,1-2H2,(H,6,7)(H,8,9)/t8-;3-/m00/s1. The van der Waals surface area contributed by atoms with Crippen LogP contribution in [-0.2, 0) is 20.8 Å². The third-order valence-electron chi connectivity index (χ3n) is 3.74. The second-order valence-corrected chi connectivity index (χ2v) is 5.55. The van der Waals surface area contributed by atoms with Gasteiger partial charge in [-0.2, -0.15) is 0 Å². The summed E-state index contributed by atoms with van der Waals surface area (Å²) in [5.74, 6) is -2.94. The van der Waals surface area contributed by atoms with E-state index in [2.05, 4.69) is 10.6 Å². The zero-order valence-corrected chi connectivity index (χ0v) is 12.6. The molecule has 1 aromatic carbocycles. The van der Waals surface area contributed by atoms with Gasteiger partial charge in [0.1, 0.15) is 17.7 Å². The van der Waals surface area contributed by atoms with E-state index in [-0.39, 0.29) is 11.6 Å². The molecule has 130 valence electrons. The fourth-order valence-corrected chi connectivity index (χ4v) is 2.42. The number of anilines is 1. The molecule has 2 aliphatic heterocycles. The molecule has 1 saturated heterocycles. The number of carboxylic acid groups (broad SMARTS) is 1. The fourth-order valence-electron chi connectivity index (χ4n) is 2.42. The lowest BCUT2D eigenvalue weighted by Crippen LogP contribution is -2.34. The largest absolute Gasteiger partial charge is 0.480 e. The van der Waals surface area contributed by atoms with Gasteiger partial charge in [0, 0.05) is 12.5 Å². The second kappa shape index (κ2) is 7.35. The van der Waals surface area contributed by atoms with Crippen molar-refractivity contribution in [3.05, 3.63) is 29.3 Å². The van der Waals surface area contributed by atoms with Gasteiger partial charge in [-0.1, -0.05) is 0 Å². The Hall–Kier alpha value is -2.55. The van der Waals surface area contributed by atoms with E-state index in [0.717, 1.165) is 6.07 Å². The molecule has 0 radical (unpaired) electrons. The lowest BCUT2D eigenvalue weighted by atomic mass is 10.1. The van der Waals surface area contributed by atoms with Crippen molar-refractivity contribution in [2.24, 2.45) is 5.73 Å². The van der Waals surface area contributed by atoms with Gasteiger partial charge >= 0.3 is 5.97 Å². The zero-order valence-electron chi connectivity index (χ0n) is 12.6. The predicted octanol–water partition coefficient (Wildman–Crippen LogP) is 0.526. The molecule has 0 spiro atoms. The molecule has 3 rings (SSSR count). The summed E-state index contributed by atoms with van der Waals surface area (Å²) in [6.07, 6.45) is 1.55. The van der Waals surface area contributed by atoms with E-state index in [9.17, 15) is 23.2 Å². The van der Waals surface area contributed by atoms with E-state index in [4.69, 9.17) is 10.8 Å². The Kier molecular flexibility index (Phi) is 5.45. The third kappa shape index (κ3) is 4.25. The maximum absolute atomic E-state index is 13.3.